The van der Waals surface area contributed by atoms with E-state index in [1.54, 1.807) is 0 Å². The summed E-state index contributed by atoms with van der Waals surface area (Å²) < 4.78 is 5.44. The fraction of sp³-hybridized carbons (Fsp3) is 0.235. The van der Waals surface area contributed by atoms with Gasteiger partial charge < -0.3 is 15.4 Å². The first kappa shape index (κ1) is 17.4. The number of rotatable bonds is 6. The van der Waals surface area contributed by atoms with Crippen LogP contribution in [0.4, 0.5) is 16.0 Å². The Balaban J connectivity index is 1.74. The molecule has 2 N–H and O–H groups in total. The highest BCUT2D eigenvalue weighted by atomic mass is 32.1. The van der Waals surface area contributed by atoms with Crippen molar-refractivity contribution in [3.05, 3.63) is 35.3 Å². The zero-order chi connectivity index (χ0) is 17.8. The standard InChI is InChI=1S/C17H18N4O2S2/c1-4-23-13-7-5-12(6-8-13)20-16-21-14(9-24-16)15-10(2)18-17(25-15)19-11(3)22/h5-9H,4H2,1-3H3,(H,20,21)(H,18,19,22). The van der Waals surface area contributed by atoms with Gasteiger partial charge in [-0.25, -0.2) is 9.97 Å². The second kappa shape index (κ2) is 7.62. The molecule has 25 heavy (non-hydrogen) atoms. The number of anilines is 3. The summed E-state index contributed by atoms with van der Waals surface area (Å²) in [5.74, 6) is 0.718. The number of carbonyl (C=O) groups excluding carboxylic acids is 1. The lowest BCUT2D eigenvalue weighted by Crippen LogP contribution is -2.04. The number of aromatic nitrogens is 2. The minimum Gasteiger partial charge on any atom is -0.494 e. The summed E-state index contributed by atoms with van der Waals surface area (Å²) in [7, 11) is 0. The summed E-state index contributed by atoms with van der Waals surface area (Å²) in [6, 6.07) is 7.76. The molecule has 0 saturated heterocycles. The molecule has 0 saturated carbocycles. The van der Waals surface area contributed by atoms with Crippen LogP contribution in [0.1, 0.15) is 19.5 Å². The summed E-state index contributed by atoms with van der Waals surface area (Å²) >= 11 is 2.95. The van der Waals surface area contributed by atoms with Crippen molar-refractivity contribution in [2.45, 2.75) is 20.8 Å². The fourth-order valence-corrected chi connectivity index (χ4v) is 3.97. The smallest absolute Gasteiger partial charge is 0.223 e. The average molecular weight is 374 g/mol. The highest BCUT2D eigenvalue weighted by Crippen LogP contribution is 2.35. The maximum atomic E-state index is 11.2. The van der Waals surface area contributed by atoms with E-state index in [0.717, 1.165) is 32.8 Å². The summed E-state index contributed by atoms with van der Waals surface area (Å²) in [4.78, 5) is 21.1. The highest BCUT2D eigenvalue weighted by molar-refractivity contribution is 7.20. The largest absolute Gasteiger partial charge is 0.494 e. The van der Waals surface area contributed by atoms with Gasteiger partial charge in [-0.15, -0.1) is 11.3 Å². The molecule has 0 unspecified atom stereocenters. The van der Waals surface area contributed by atoms with Crippen LogP contribution in [0.3, 0.4) is 0 Å². The van der Waals surface area contributed by atoms with Gasteiger partial charge in [0.1, 0.15) is 5.75 Å². The van der Waals surface area contributed by atoms with Gasteiger partial charge in [-0.05, 0) is 38.1 Å². The molecule has 0 aliphatic rings. The predicted molar refractivity (Wildman–Crippen MR) is 103 cm³/mol. The third-order valence-electron chi connectivity index (χ3n) is 3.23. The van der Waals surface area contributed by atoms with Crippen LogP contribution in [0.2, 0.25) is 0 Å². The van der Waals surface area contributed by atoms with Gasteiger partial charge >= 0.3 is 0 Å². The Labute approximate surface area is 153 Å². The Kier molecular flexibility index (Phi) is 5.30. The molecule has 3 aromatic rings. The topological polar surface area (TPSA) is 76.1 Å². The maximum absolute atomic E-state index is 11.2. The van der Waals surface area contributed by atoms with Crippen LogP contribution in [0.25, 0.3) is 10.6 Å². The minimum atomic E-state index is -0.128. The zero-order valence-corrected chi connectivity index (χ0v) is 15.8. The Bertz CT molecular complexity index is 871. The van der Waals surface area contributed by atoms with Gasteiger partial charge in [-0.1, -0.05) is 11.3 Å². The average Bonchev–Trinajstić information content (AvgIpc) is 3.15. The van der Waals surface area contributed by atoms with Crippen molar-refractivity contribution >= 4 is 44.5 Å². The molecule has 0 aliphatic heterocycles. The summed E-state index contributed by atoms with van der Waals surface area (Å²) in [5.41, 5.74) is 2.65. The van der Waals surface area contributed by atoms with Gasteiger partial charge in [0.15, 0.2) is 10.3 Å². The number of hydrogen-bond acceptors (Lipinski definition) is 7. The Hall–Kier alpha value is -2.45. The van der Waals surface area contributed by atoms with Crippen LogP contribution in [-0.2, 0) is 4.79 Å². The number of ether oxygens (including phenoxy) is 1. The Morgan fingerprint density at radius 3 is 2.64 bits per heavy atom. The van der Waals surface area contributed by atoms with Crippen molar-refractivity contribution in [3.8, 4) is 16.3 Å². The van der Waals surface area contributed by atoms with Gasteiger partial charge in [-0.2, -0.15) is 0 Å². The van der Waals surface area contributed by atoms with E-state index in [1.165, 1.54) is 29.6 Å². The Morgan fingerprint density at radius 2 is 1.96 bits per heavy atom. The lowest BCUT2D eigenvalue weighted by atomic mass is 10.3. The molecule has 0 fully saturated rings. The molecule has 130 valence electrons. The summed E-state index contributed by atoms with van der Waals surface area (Å²) in [5, 5.41) is 9.37. The number of carbonyl (C=O) groups is 1. The molecular weight excluding hydrogens is 356 g/mol. The molecule has 1 aromatic carbocycles. The normalized spacial score (nSPS) is 10.5. The van der Waals surface area contributed by atoms with Crippen molar-refractivity contribution in [1.29, 1.82) is 0 Å². The minimum absolute atomic E-state index is 0.128. The summed E-state index contributed by atoms with van der Waals surface area (Å²) in [6.45, 7) is 5.99. The third kappa shape index (κ3) is 4.34. The van der Waals surface area contributed by atoms with E-state index in [0.29, 0.717) is 11.7 Å². The quantitative estimate of drug-likeness (QED) is 0.655. The monoisotopic (exact) mass is 374 g/mol. The van der Waals surface area contributed by atoms with Gasteiger partial charge in [0.2, 0.25) is 5.91 Å². The molecule has 0 bridgehead atoms. The van der Waals surface area contributed by atoms with Crippen LogP contribution in [0, 0.1) is 6.92 Å². The molecule has 2 aromatic heterocycles. The number of aryl methyl sites for hydroxylation is 1. The van der Waals surface area contributed by atoms with Crippen molar-refractivity contribution < 1.29 is 9.53 Å². The molecule has 3 rings (SSSR count). The van der Waals surface area contributed by atoms with Crippen molar-refractivity contribution in [3.63, 3.8) is 0 Å². The van der Waals surface area contributed by atoms with Crippen LogP contribution in [-0.4, -0.2) is 22.5 Å². The third-order valence-corrected chi connectivity index (χ3v) is 5.09. The molecule has 0 spiro atoms. The Morgan fingerprint density at radius 1 is 1.20 bits per heavy atom. The zero-order valence-electron chi connectivity index (χ0n) is 14.1. The fourth-order valence-electron chi connectivity index (χ4n) is 2.20. The van der Waals surface area contributed by atoms with E-state index >= 15 is 0 Å². The first-order chi connectivity index (χ1) is 12.0. The van der Waals surface area contributed by atoms with Crippen molar-refractivity contribution in [1.82, 2.24) is 9.97 Å². The van der Waals surface area contributed by atoms with Gasteiger partial charge in [-0.3, -0.25) is 4.79 Å². The SMILES string of the molecule is CCOc1ccc(Nc2nc(-c3sc(NC(C)=O)nc3C)cs2)cc1. The van der Waals surface area contributed by atoms with E-state index in [2.05, 4.69) is 20.6 Å². The van der Waals surface area contributed by atoms with Crippen LogP contribution < -0.4 is 15.4 Å². The first-order valence-corrected chi connectivity index (χ1v) is 9.45. The molecule has 0 aliphatic carbocycles. The second-order valence-electron chi connectivity index (χ2n) is 5.24. The van der Waals surface area contributed by atoms with E-state index in [4.69, 9.17) is 4.74 Å². The molecule has 6 nitrogen and oxygen atoms in total. The van der Waals surface area contributed by atoms with Crippen molar-refractivity contribution in [2.75, 3.05) is 17.2 Å². The lowest BCUT2D eigenvalue weighted by Gasteiger charge is -2.05. The van der Waals surface area contributed by atoms with Crippen LogP contribution in [0.5, 0.6) is 5.75 Å². The maximum Gasteiger partial charge on any atom is 0.223 e. The number of hydrogen-bond donors (Lipinski definition) is 2. The van der Waals surface area contributed by atoms with Crippen LogP contribution in [0.15, 0.2) is 29.6 Å². The second-order valence-corrected chi connectivity index (χ2v) is 7.09. The molecule has 0 atom stereocenters. The number of thiazole rings is 2. The van der Waals surface area contributed by atoms with E-state index < -0.39 is 0 Å². The molecule has 8 heteroatoms. The number of benzene rings is 1. The lowest BCUT2D eigenvalue weighted by molar-refractivity contribution is -0.114. The predicted octanol–water partition coefficient (Wildman–Crippen LogP) is 4.68. The molecule has 1 amide bonds. The molecular formula is C17H18N4O2S2. The highest BCUT2D eigenvalue weighted by Gasteiger charge is 2.14. The van der Waals surface area contributed by atoms with Crippen LogP contribution >= 0.6 is 22.7 Å². The van der Waals surface area contributed by atoms with E-state index in [1.807, 2.05) is 43.5 Å². The van der Waals surface area contributed by atoms with Crippen molar-refractivity contribution in [2.24, 2.45) is 0 Å². The molecule has 2 heterocycles. The summed E-state index contributed by atoms with van der Waals surface area (Å²) in [6.07, 6.45) is 0. The first-order valence-electron chi connectivity index (χ1n) is 7.76. The number of nitrogens with zero attached hydrogens (tertiary/aromatic N) is 2. The van der Waals surface area contributed by atoms with E-state index in [-0.39, 0.29) is 5.91 Å². The van der Waals surface area contributed by atoms with Gasteiger partial charge in [0, 0.05) is 18.0 Å². The number of nitrogens with one attached hydrogen (secondary N) is 2. The van der Waals surface area contributed by atoms with E-state index in [9.17, 15) is 4.79 Å². The molecule has 0 radical (unpaired) electrons. The number of amides is 1. The van der Waals surface area contributed by atoms with Gasteiger partial charge in [0.05, 0.1) is 22.9 Å². The van der Waals surface area contributed by atoms with Gasteiger partial charge in [0.25, 0.3) is 0 Å².